The Bertz CT molecular complexity index is 505. The SMILES string of the molecule is CCCNCc1nnnn1C(C)Cc1ccc(C)s1. The number of nitrogens with one attached hydrogen (secondary N) is 1. The second-order valence-electron chi connectivity index (χ2n) is 4.78. The summed E-state index contributed by atoms with van der Waals surface area (Å²) in [7, 11) is 0. The minimum atomic E-state index is 0.284. The average molecular weight is 279 g/mol. The number of aromatic nitrogens is 4. The highest BCUT2D eigenvalue weighted by Gasteiger charge is 2.13. The number of nitrogens with zero attached hydrogens (tertiary/aromatic N) is 4. The van der Waals surface area contributed by atoms with Gasteiger partial charge in [-0.2, -0.15) is 0 Å². The highest BCUT2D eigenvalue weighted by atomic mass is 32.1. The van der Waals surface area contributed by atoms with E-state index < -0.39 is 0 Å². The number of rotatable bonds is 7. The van der Waals surface area contributed by atoms with Gasteiger partial charge in [-0.05, 0) is 49.4 Å². The van der Waals surface area contributed by atoms with Crippen LogP contribution in [0.2, 0.25) is 0 Å². The van der Waals surface area contributed by atoms with Gasteiger partial charge in [0.15, 0.2) is 5.82 Å². The minimum Gasteiger partial charge on any atom is -0.310 e. The first kappa shape index (κ1) is 14.1. The van der Waals surface area contributed by atoms with E-state index in [9.17, 15) is 0 Å². The van der Waals surface area contributed by atoms with E-state index in [2.05, 4.69) is 53.7 Å². The van der Waals surface area contributed by atoms with Gasteiger partial charge in [-0.25, -0.2) is 4.68 Å². The second kappa shape index (κ2) is 6.77. The van der Waals surface area contributed by atoms with Crippen LogP contribution >= 0.6 is 11.3 Å². The number of thiophene rings is 1. The third-order valence-electron chi connectivity index (χ3n) is 2.98. The summed E-state index contributed by atoms with van der Waals surface area (Å²) in [5, 5.41) is 15.4. The Morgan fingerprint density at radius 1 is 1.42 bits per heavy atom. The number of tetrazole rings is 1. The lowest BCUT2D eigenvalue weighted by Gasteiger charge is -2.12. The van der Waals surface area contributed by atoms with Crippen molar-refractivity contribution in [3.63, 3.8) is 0 Å². The third kappa shape index (κ3) is 3.84. The molecule has 1 atom stereocenters. The molecule has 5 nitrogen and oxygen atoms in total. The topological polar surface area (TPSA) is 55.6 Å². The summed E-state index contributed by atoms with van der Waals surface area (Å²) in [6.45, 7) is 8.17. The lowest BCUT2D eigenvalue weighted by Crippen LogP contribution is -2.20. The van der Waals surface area contributed by atoms with Gasteiger partial charge in [0.2, 0.25) is 0 Å². The van der Waals surface area contributed by atoms with Gasteiger partial charge in [-0.3, -0.25) is 0 Å². The Hall–Kier alpha value is -1.27. The normalized spacial score (nSPS) is 12.8. The number of hydrogen-bond donors (Lipinski definition) is 1. The highest BCUT2D eigenvalue weighted by Crippen LogP contribution is 2.21. The van der Waals surface area contributed by atoms with E-state index in [0.29, 0.717) is 0 Å². The second-order valence-corrected chi connectivity index (χ2v) is 6.15. The van der Waals surface area contributed by atoms with Gasteiger partial charge < -0.3 is 5.32 Å². The van der Waals surface area contributed by atoms with Crippen molar-refractivity contribution in [2.45, 2.75) is 46.2 Å². The van der Waals surface area contributed by atoms with Crippen molar-refractivity contribution >= 4 is 11.3 Å². The molecule has 0 amide bonds. The van der Waals surface area contributed by atoms with Crippen LogP contribution in [0.25, 0.3) is 0 Å². The molecule has 0 aliphatic rings. The van der Waals surface area contributed by atoms with Gasteiger partial charge in [-0.1, -0.05) is 6.92 Å². The number of aryl methyl sites for hydroxylation is 1. The molecule has 1 unspecified atom stereocenters. The summed E-state index contributed by atoms with van der Waals surface area (Å²) in [6.07, 6.45) is 2.09. The summed E-state index contributed by atoms with van der Waals surface area (Å²) >= 11 is 1.84. The first-order valence-corrected chi connectivity index (χ1v) is 7.55. The van der Waals surface area contributed by atoms with Crippen molar-refractivity contribution in [3.8, 4) is 0 Å². The van der Waals surface area contributed by atoms with E-state index in [4.69, 9.17) is 0 Å². The van der Waals surface area contributed by atoms with E-state index >= 15 is 0 Å². The fourth-order valence-electron chi connectivity index (χ4n) is 2.02. The van der Waals surface area contributed by atoms with Crippen molar-refractivity contribution in [2.75, 3.05) is 6.54 Å². The molecule has 0 spiro atoms. The van der Waals surface area contributed by atoms with Crippen molar-refractivity contribution in [2.24, 2.45) is 0 Å². The van der Waals surface area contributed by atoms with Crippen molar-refractivity contribution in [1.29, 1.82) is 0 Å². The smallest absolute Gasteiger partial charge is 0.165 e. The van der Waals surface area contributed by atoms with Gasteiger partial charge in [0.1, 0.15) is 0 Å². The monoisotopic (exact) mass is 279 g/mol. The van der Waals surface area contributed by atoms with E-state index in [-0.39, 0.29) is 6.04 Å². The zero-order chi connectivity index (χ0) is 13.7. The van der Waals surface area contributed by atoms with Gasteiger partial charge in [0.25, 0.3) is 0 Å². The maximum absolute atomic E-state index is 4.12. The predicted molar refractivity (Wildman–Crippen MR) is 77.3 cm³/mol. The Morgan fingerprint density at radius 3 is 2.95 bits per heavy atom. The van der Waals surface area contributed by atoms with Gasteiger partial charge in [0, 0.05) is 16.2 Å². The summed E-state index contributed by atoms with van der Waals surface area (Å²) < 4.78 is 1.93. The first-order valence-electron chi connectivity index (χ1n) is 6.73. The van der Waals surface area contributed by atoms with Crippen molar-refractivity contribution in [1.82, 2.24) is 25.5 Å². The zero-order valence-electron chi connectivity index (χ0n) is 11.8. The molecule has 2 aromatic rings. The lowest BCUT2D eigenvalue weighted by atomic mass is 10.2. The van der Waals surface area contributed by atoms with Crippen LogP contribution in [0.4, 0.5) is 0 Å². The first-order chi connectivity index (χ1) is 9.20. The molecule has 2 rings (SSSR count). The van der Waals surface area contributed by atoms with Gasteiger partial charge >= 0.3 is 0 Å². The molecular formula is C13H21N5S. The summed E-state index contributed by atoms with van der Waals surface area (Å²) in [4.78, 5) is 2.73. The van der Waals surface area contributed by atoms with Gasteiger partial charge in [0.05, 0.1) is 12.6 Å². The van der Waals surface area contributed by atoms with Crippen molar-refractivity contribution < 1.29 is 0 Å². The zero-order valence-corrected chi connectivity index (χ0v) is 12.6. The Kier molecular flexibility index (Phi) is 5.04. The fourth-order valence-corrected chi connectivity index (χ4v) is 3.03. The highest BCUT2D eigenvalue weighted by molar-refractivity contribution is 7.11. The summed E-state index contributed by atoms with van der Waals surface area (Å²) in [5.41, 5.74) is 0. The van der Waals surface area contributed by atoms with Crippen LogP contribution in [0.5, 0.6) is 0 Å². The molecule has 0 saturated carbocycles. The largest absolute Gasteiger partial charge is 0.310 e. The Labute approximate surface area is 118 Å². The maximum Gasteiger partial charge on any atom is 0.165 e. The average Bonchev–Trinajstić information content (AvgIpc) is 2.99. The lowest BCUT2D eigenvalue weighted by molar-refractivity contribution is 0.451. The van der Waals surface area contributed by atoms with Crippen LogP contribution in [-0.4, -0.2) is 26.8 Å². The van der Waals surface area contributed by atoms with Gasteiger partial charge in [-0.15, -0.1) is 16.4 Å². The maximum atomic E-state index is 4.12. The Morgan fingerprint density at radius 2 is 2.26 bits per heavy atom. The van der Waals surface area contributed by atoms with Crippen LogP contribution in [0.15, 0.2) is 12.1 Å². The van der Waals surface area contributed by atoms with E-state index in [1.165, 1.54) is 9.75 Å². The molecule has 0 aromatic carbocycles. The van der Waals surface area contributed by atoms with Crippen LogP contribution < -0.4 is 5.32 Å². The third-order valence-corrected chi connectivity index (χ3v) is 4.00. The molecule has 2 heterocycles. The molecule has 19 heavy (non-hydrogen) atoms. The minimum absolute atomic E-state index is 0.284. The molecule has 0 aliphatic carbocycles. The molecule has 0 radical (unpaired) electrons. The molecule has 0 bridgehead atoms. The predicted octanol–water partition coefficient (Wildman–Crippen LogP) is 2.35. The molecule has 0 fully saturated rings. The molecule has 104 valence electrons. The number of hydrogen-bond acceptors (Lipinski definition) is 5. The van der Waals surface area contributed by atoms with Crippen LogP contribution in [-0.2, 0) is 13.0 Å². The quantitative estimate of drug-likeness (QED) is 0.790. The standard InChI is InChI=1S/C13H21N5S/c1-4-7-14-9-13-15-16-17-18(13)10(2)8-12-6-5-11(3)19-12/h5-6,10,14H,4,7-9H2,1-3H3. The molecular weight excluding hydrogens is 258 g/mol. The fraction of sp³-hybridized carbons (Fsp3) is 0.615. The molecule has 2 aromatic heterocycles. The molecule has 0 aliphatic heterocycles. The molecule has 0 saturated heterocycles. The summed E-state index contributed by atoms with van der Waals surface area (Å²) in [5.74, 6) is 0.911. The van der Waals surface area contributed by atoms with Crippen LogP contribution in [0.1, 0.15) is 41.9 Å². The molecule has 6 heteroatoms. The Balaban J connectivity index is 1.98. The van der Waals surface area contributed by atoms with Crippen LogP contribution in [0, 0.1) is 6.92 Å². The summed E-state index contributed by atoms with van der Waals surface area (Å²) in [6, 6.07) is 4.64. The van der Waals surface area contributed by atoms with E-state index in [0.717, 1.165) is 31.8 Å². The van der Waals surface area contributed by atoms with E-state index in [1.807, 2.05) is 16.0 Å². The molecule has 1 N–H and O–H groups in total. The van der Waals surface area contributed by atoms with Crippen molar-refractivity contribution in [3.05, 3.63) is 27.7 Å². The van der Waals surface area contributed by atoms with Crippen LogP contribution in [0.3, 0.4) is 0 Å². The van der Waals surface area contributed by atoms with E-state index in [1.54, 1.807) is 0 Å².